The van der Waals surface area contributed by atoms with E-state index in [1.165, 1.54) is 0 Å². The molecular formula is C24H23Br2N3O5. The van der Waals surface area contributed by atoms with Crippen LogP contribution in [-0.4, -0.2) is 46.1 Å². The Kier molecular flexibility index (Phi) is 7.57. The third-order valence-electron chi connectivity index (χ3n) is 6.12. The van der Waals surface area contributed by atoms with E-state index >= 15 is 0 Å². The Labute approximate surface area is 212 Å². The van der Waals surface area contributed by atoms with E-state index in [4.69, 9.17) is 3.83 Å². The fourth-order valence-electron chi connectivity index (χ4n) is 4.27. The van der Waals surface area contributed by atoms with E-state index in [9.17, 15) is 19.5 Å². The topological polar surface area (TPSA) is 112 Å². The molecule has 0 saturated carbocycles. The standard InChI is InChI=1S/C24H23Br2N3O5/c25-18-11-14(5-6-21(18)34-26)12-20(23(31)32)28-24(33)29-9-7-15(8-10-29)17-13-16-3-1-2-4-19(16)27-22(17)30/h1-6,11,13,15,20H,7-10,12H2,(H,27,30)(H,28,33)(H,31,32). The van der Waals surface area contributed by atoms with Gasteiger partial charge in [0.25, 0.3) is 5.56 Å². The third kappa shape index (κ3) is 5.44. The molecule has 1 aromatic heterocycles. The number of carboxylic acid groups (broad SMARTS) is 1. The van der Waals surface area contributed by atoms with Crippen molar-refractivity contribution in [3.8, 4) is 5.75 Å². The molecule has 3 N–H and O–H groups in total. The minimum atomic E-state index is -1.11. The Hall–Kier alpha value is -2.85. The number of carbonyl (C=O) groups is 2. The number of benzene rings is 2. The van der Waals surface area contributed by atoms with Gasteiger partial charge in [0.15, 0.2) is 22.0 Å². The lowest BCUT2D eigenvalue weighted by Gasteiger charge is -2.32. The van der Waals surface area contributed by atoms with Gasteiger partial charge in [-0.15, -0.1) is 0 Å². The second-order valence-corrected chi connectivity index (χ2v) is 9.47. The van der Waals surface area contributed by atoms with E-state index in [1.807, 2.05) is 30.3 Å². The van der Waals surface area contributed by atoms with Gasteiger partial charge in [-0.05, 0) is 69.9 Å². The number of carboxylic acids is 1. The van der Waals surface area contributed by atoms with E-state index in [-0.39, 0.29) is 17.9 Å². The van der Waals surface area contributed by atoms with Gasteiger partial charge in [-0.25, -0.2) is 9.59 Å². The van der Waals surface area contributed by atoms with Crippen molar-refractivity contribution in [2.75, 3.05) is 13.1 Å². The van der Waals surface area contributed by atoms with E-state index < -0.39 is 18.0 Å². The minimum Gasteiger partial charge on any atom is -0.480 e. The maximum absolute atomic E-state index is 12.8. The lowest BCUT2D eigenvalue weighted by molar-refractivity contribution is -0.139. The molecule has 178 valence electrons. The number of para-hydroxylation sites is 1. The zero-order chi connectivity index (χ0) is 24.2. The number of H-pyrrole nitrogens is 1. The van der Waals surface area contributed by atoms with Crippen LogP contribution in [0.3, 0.4) is 0 Å². The van der Waals surface area contributed by atoms with Gasteiger partial charge in [-0.3, -0.25) is 4.79 Å². The number of piperidine rings is 1. The van der Waals surface area contributed by atoms with Gasteiger partial charge < -0.3 is 24.1 Å². The van der Waals surface area contributed by atoms with Crippen LogP contribution in [0.15, 0.2) is 57.8 Å². The zero-order valence-corrected chi connectivity index (χ0v) is 21.3. The Morgan fingerprint density at radius 3 is 2.59 bits per heavy atom. The fourth-order valence-corrected chi connectivity index (χ4v) is 5.28. The number of hydrogen-bond acceptors (Lipinski definition) is 4. The van der Waals surface area contributed by atoms with Crippen LogP contribution in [0, 0.1) is 0 Å². The zero-order valence-electron chi connectivity index (χ0n) is 18.1. The van der Waals surface area contributed by atoms with E-state index in [1.54, 1.807) is 23.1 Å². The summed E-state index contributed by atoms with van der Waals surface area (Å²) in [6, 6.07) is 13.3. The normalized spacial score (nSPS) is 15.2. The predicted molar refractivity (Wildman–Crippen MR) is 135 cm³/mol. The number of pyridine rings is 1. The number of urea groups is 1. The molecule has 0 bridgehead atoms. The van der Waals surface area contributed by atoms with Gasteiger partial charge in [0.2, 0.25) is 0 Å². The summed E-state index contributed by atoms with van der Waals surface area (Å²) in [5.74, 6) is -0.504. The third-order valence-corrected chi connectivity index (χ3v) is 7.09. The van der Waals surface area contributed by atoms with Gasteiger partial charge in [0, 0.05) is 30.6 Å². The Bertz CT molecular complexity index is 1270. The maximum Gasteiger partial charge on any atom is 0.326 e. The molecular weight excluding hydrogens is 570 g/mol. The number of amides is 2. The van der Waals surface area contributed by atoms with Crippen LogP contribution in [0.4, 0.5) is 4.79 Å². The van der Waals surface area contributed by atoms with Crippen LogP contribution in [0.2, 0.25) is 0 Å². The number of aromatic amines is 1. The number of fused-ring (bicyclic) bond motifs is 1. The molecule has 4 rings (SSSR count). The molecule has 2 heterocycles. The van der Waals surface area contributed by atoms with E-state index in [2.05, 4.69) is 42.5 Å². The lowest BCUT2D eigenvalue weighted by Crippen LogP contribution is -2.50. The summed E-state index contributed by atoms with van der Waals surface area (Å²) in [5, 5.41) is 13.3. The summed E-state index contributed by atoms with van der Waals surface area (Å²) in [4.78, 5) is 41.7. The van der Waals surface area contributed by atoms with Gasteiger partial charge in [-0.2, -0.15) is 0 Å². The molecule has 0 spiro atoms. The monoisotopic (exact) mass is 591 g/mol. The molecule has 1 aliphatic heterocycles. The molecule has 1 aliphatic rings. The Balaban J connectivity index is 1.38. The van der Waals surface area contributed by atoms with Crippen LogP contribution in [0.1, 0.15) is 29.9 Å². The number of halogens is 2. The Morgan fingerprint density at radius 1 is 1.18 bits per heavy atom. The van der Waals surface area contributed by atoms with Gasteiger partial charge in [-0.1, -0.05) is 24.3 Å². The first-order chi connectivity index (χ1) is 16.4. The molecule has 1 fully saturated rings. The predicted octanol–water partition coefficient (Wildman–Crippen LogP) is 4.56. The molecule has 1 unspecified atom stereocenters. The molecule has 8 nitrogen and oxygen atoms in total. The summed E-state index contributed by atoms with van der Waals surface area (Å²) in [6.45, 7) is 0.885. The van der Waals surface area contributed by atoms with Crippen LogP contribution >= 0.6 is 32.2 Å². The molecule has 2 amide bonds. The average molecular weight is 593 g/mol. The second kappa shape index (κ2) is 10.6. The van der Waals surface area contributed by atoms with E-state index in [0.717, 1.165) is 22.0 Å². The molecule has 34 heavy (non-hydrogen) atoms. The largest absolute Gasteiger partial charge is 0.480 e. The number of nitrogens with zero attached hydrogens (tertiary/aromatic N) is 1. The first kappa shape index (κ1) is 24.3. The van der Waals surface area contributed by atoms with Gasteiger partial charge in [0.05, 0.1) is 4.47 Å². The highest BCUT2D eigenvalue weighted by atomic mass is 79.9. The first-order valence-corrected chi connectivity index (χ1v) is 12.3. The van der Waals surface area contributed by atoms with Crippen molar-refractivity contribution in [2.45, 2.75) is 31.2 Å². The smallest absolute Gasteiger partial charge is 0.326 e. The molecule has 0 aliphatic carbocycles. The summed E-state index contributed by atoms with van der Waals surface area (Å²) < 4.78 is 5.69. The van der Waals surface area contributed by atoms with Crippen LogP contribution in [0.25, 0.3) is 10.9 Å². The summed E-state index contributed by atoms with van der Waals surface area (Å²) >= 11 is 6.28. The first-order valence-electron chi connectivity index (χ1n) is 10.8. The second-order valence-electron chi connectivity index (χ2n) is 8.29. The highest BCUT2D eigenvalue weighted by Crippen LogP contribution is 2.29. The van der Waals surface area contributed by atoms with Crippen LogP contribution < -0.4 is 14.7 Å². The van der Waals surface area contributed by atoms with Crippen LogP contribution in [0.5, 0.6) is 5.75 Å². The maximum atomic E-state index is 12.8. The number of aliphatic carboxylic acids is 1. The Morgan fingerprint density at radius 2 is 1.91 bits per heavy atom. The highest BCUT2D eigenvalue weighted by molar-refractivity contribution is 9.10. The summed E-state index contributed by atoms with van der Waals surface area (Å²) in [5.41, 5.74) is 2.16. The minimum absolute atomic E-state index is 0.0418. The molecule has 3 aromatic rings. The molecule has 1 atom stereocenters. The number of hydrogen-bond donors (Lipinski definition) is 3. The van der Waals surface area contributed by atoms with Gasteiger partial charge in [0.1, 0.15) is 6.04 Å². The van der Waals surface area contributed by atoms with Crippen molar-refractivity contribution < 1.29 is 18.5 Å². The quantitative estimate of drug-likeness (QED) is 0.388. The molecule has 2 aromatic carbocycles. The van der Waals surface area contributed by atoms with Crippen molar-refractivity contribution in [3.63, 3.8) is 0 Å². The van der Waals surface area contributed by atoms with Crippen molar-refractivity contribution in [2.24, 2.45) is 0 Å². The van der Waals surface area contributed by atoms with Crippen LogP contribution in [-0.2, 0) is 11.2 Å². The average Bonchev–Trinajstić information content (AvgIpc) is 2.83. The van der Waals surface area contributed by atoms with Gasteiger partial charge >= 0.3 is 12.0 Å². The number of aromatic nitrogens is 1. The lowest BCUT2D eigenvalue weighted by atomic mass is 9.89. The fraction of sp³-hybridized carbons (Fsp3) is 0.292. The number of rotatable bonds is 6. The van der Waals surface area contributed by atoms with E-state index in [0.29, 0.717) is 36.2 Å². The molecule has 0 radical (unpaired) electrons. The van der Waals surface area contributed by atoms with Crippen molar-refractivity contribution in [1.82, 2.24) is 15.2 Å². The number of nitrogens with one attached hydrogen (secondary N) is 2. The summed E-state index contributed by atoms with van der Waals surface area (Å²) in [6.07, 6.45) is 1.40. The number of carbonyl (C=O) groups excluding carboxylic acids is 1. The SMILES string of the molecule is O=C(O)C(Cc1ccc(OBr)c(Br)c1)NC(=O)N1CCC(c2cc3ccccc3[nH]c2=O)CC1. The van der Waals surface area contributed by atoms with Crippen molar-refractivity contribution in [3.05, 3.63) is 74.5 Å². The molecule has 10 heteroatoms. The van der Waals surface area contributed by atoms with Crippen molar-refractivity contribution >= 4 is 55.1 Å². The number of likely N-dealkylation sites (tertiary alicyclic amines) is 1. The van der Waals surface area contributed by atoms with Crippen molar-refractivity contribution in [1.29, 1.82) is 0 Å². The molecule has 1 saturated heterocycles. The summed E-state index contributed by atoms with van der Waals surface area (Å²) in [7, 11) is 0. The highest BCUT2D eigenvalue weighted by Gasteiger charge is 2.28.